The van der Waals surface area contributed by atoms with Gasteiger partial charge in [-0.05, 0) is 17.7 Å². The molecule has 0 saturated heterocycles. The molecule has 0 aliphatic rings. The molecular weight excluding hydrogens is 327 g/mol. The van der Waals surface area contributed by atoms with Gasteiger partial charge in [-0.25, -0.2) is 4.79 Å². The van der Waals surface area contributed by atoms with Gasteiger partial charge in [0.05, 0.1) is 5.56 Å². The predicted molar refractivity (Wildman–Crippen MR) is 76.3 cm³/mol. The van der Waals surface area contributed by atoms with Crippen molar-refractivity contribution in [2.45, 2.75) is 6.18 Å². The Kier molecular flexibility index (Phi) is 4.15. The highest BCUT2D eigenvalue weighted by Crippen LogP contribution is 2.43. The molecule has 0 aliphatic heterocycles. The lowest BCUT2D eigenvalue weighted by atomic mass is 10.0. The van der Waals surface area contributed by atoms with Crippen molar-refractivity contribution in [3.63, 3.8) is 0 Å². The summed E-state index contributed by atoms with van der Waals surface area (Å²) in [4.78, 5) is 11.3. The van der Waals surface area contributed by atoms with Crippen LogP contribution < -0.4 is 5.32 Å². The fourth-order valence-corrected chi connectivity index (χ4v) is 3.20. The number of alkyl halides is 3. The van der Waals surface area contributed by atoms with Gasteiger partial charge in [0.2, 0.25) is 0 Å². The molecule has 0 unspecified atom stereocenters. The Bertz CT molecular complexity index is 680. The van der Waals surface area contributed by atoms with Crippen molar-refractivity contribution in [1.29, 1.82) is 0 Å². The lowest BCUT2D eigenvalue weighted by molar-refractivity contribution is -0.137. The summed E-state index contributed by atoms with van der Waals surface area (Å²) < 4.78 is 37.8. The largest absolute Gasteiger partial charge is 0.478 e. The average Bonchev–Trinajstić information content (AvgIpc) is 2.75. The molecule has 0 saturated carbocycles. The second kappa shape index (κ2) is 5.57. The van der Waals surface area contributed by atoms with Crippen molar-refractivity contribution >= 4 is 33.9 Å². The second-order valence-electron chi connectivity index (χ2n) is 4.09. The smallest absolute Gasteiger partial charge is 0.416 e. The summed E-state index contributed by atoms with van der Waals surface area (Å²) in [5.74, 6) is -1.20. The number of rotatable bonds is 3. The van der Waals surface area contributed by atoms with Crippen LogP contribution in [-0.2, 0) is 6.18 Å². The molecule has 2 aromatic rings. The van der Waals surface area contributed by atoms with Gasteiger partial charge in [-0.3, -0.25) is 0 Å². The number of carboxylic acid groups (broad SMARTS) is 1. The van der Waals surface area contributed by atoms with E-state index >= 15 is 0 Å². The molecule has 0 aliphatic carbocycles. The third-order valence-corrected chi connectivity index (χ3v) is 4.22. The second-order valence-corrected chi connectivity index (χ2v) is 5.71. The third kappa shape index (κ3) is 2.98. The number of benzene rings is 1. The lowest BCUT2D eigenvalue weighted by Crippen LogP contribution is -2.04. The molecule has 0 fully saturated rings. The van der Waals surface area contributed by atoms with Gasteiger partial charge in [-0.2, -0.15) is 13.2 Å². The molecule has 0 bridgehead atoms. The maximum Gasteiger partial charge on any atom is 0.416 e. The van der Waals surface area contributed by atoms with Crippen LogP contribution in [0.4, 0.5) is 18.2 Å². The third-order valence-electron chi connectivity index (χ3n) is 2.81. The molecule has 0 radical (unpaired) electrons. The molecule has 112 valence electrons. The Morgan fingerprint density at radius 2 is 1.86 bits per heavy atom. The van der Waals surface area contributed by atoms with Crippen molar-refractivity contribution in [2.24, 2.45) is 0 Å². The molecule has 0 atom stereocenters. The summed E-state index contributed by atoms with van der Waals surface area (Å²) in [6.45, 7) is 0. The molecule has 21 heavy (non-hydrogen) atoms. The first-order valence-electron chi connectivity index (χ1n) is 5.66. The van der Waals surface area contributed by atoms with E-state index in [0.29, 0.717) is 10.6 Å². The van der Waals surface area contributed by atoms with Gasteiger partial charge in [-0.15, -0.1) is 11.3 Å². The van der Waals surface area contributed by atoms with Gasteiger partial charge in [0, 0.05) is 12.6 Å². The highest BCUT2D eigenvalue weighted by Gasteiger charge is 2.30. The first-order valence-corrected chi connectivity index (χ1v) is 6.86. The van der Waals surface area contributed by atoms with Crippen LogP contribution in [0.1, 0.15) is 15.9 Å². The van der Waals surface area contributed by atoms with Crippen molar-refractivity contribution in [3.05, 3.63) is 39.7 Å². The molecule has 3 nitrogen and oxygen atoms in total. The van der Waals surface area contributed by atoms with Crippen LogP contribution in [0.15, 0.2) is 24.3 Å². The number of halogens is 4. The van der Waals surface area contributed by atoms with Gasteiger partial charge in [-0.1, -0.05) is 23.7 Å². The number of hydrogen-bond acceptors (Lipinski definition) is 3. The lowest BCUT2D eigenvalue weighted by Gasteiger charge is -2.08. The Hall–Kier alpha value is -1.73. The predicted octanol–water partition coefficient (Wildman–Crippen LogP) is 4.83. The summed E-state index contributed by atoms with van der Waals surface area (Å²) in [5.41, 5.74) is -0.314. The van der Waals surface area contributed by atoms with Gasteiger partial charge in [0.1, 0.15) is 14.9 Å². The number of thiophene rings is 1. The van der Waals surface area contributed by atoms with Crippen LogP contribution in [0.2, 0.25) is 4.34 Å². The van der Waals surface area contributed by atoms with Crippen LogP contribution in [-0.4, -0.2) is 18.1 Å². The fraction of sp³-hybridized carbons (Fsp3) is 0.154. The van der Waals surface area contributed by atoms with E-state index in [9.17, 15) is 23.1 Å². The molecule has 1 aromatic carbocycles. The molecule has 1 heterocycles. The van der Waals surface area contributed by atoms with Gasteiger partial charge in [0.25, 0.3) is 0 Å². The van der Waals surface area contributed by atoms with Gasteiger partial charge < -0.3 is 10.4 Å². The zero-order chi connectivity index (χ0) is 15.8. The van der Waals surface area contributed by atoms with E-state index in [1.165, 1.54) is 12.1 Å². The Morgan fingerprint density at radius 3 is 2.29 bits per heavy atom. The van der Waals surface area contributed by atoms with Crippen LogP contribution in [0.25, 0.3) is 11.1 Å². The van der Waals surface area contributed by atoms with E-state index in [1.54, 1.807) is 7.05 Å². The zero-order valence-electron chi connectivity index (χ0n) is 10.6. The first-order chi connectivity index (χ1) is 9.75. The summed E-state index contributed by atoms with van der Waals surface area (Å²) in [7, 11) is 1.55. The van der Waals surface area contributed by atoms with Crippen LogP contribution >= 0.6 is 22.9 Å². The highest BCUT2D eigenvalue weighted by molar-refractivity contribution is 7.21. The van der Waals surface area contributed by atoms with E-state index in [4.69, 9.17) is 11.6 Å². The topological polar surface area (TPSA) is 49.3 Å². The minimum Gasteiger partial charge on any atom is -0.478 e. The Labute approximate surface area is 127 Å². The quantitative estimate of drug-likeness (QED) is 0.844. The van der Waals surface area contributed by atoms with Crippen molar-refractivity contribution < 1.29 is 23.1 Å². The number of hydrogen-bond donors (Lipinski definition) is 2. The first kappa shape index (κ1) is 15.7. The minimum atomic E-state index is -4.44. The fourth-order valence-electron chi connectivity index (χ4n) is 1.87. The Morgan fingerprint density at radius 1 is 1.29 bits per heavy atom. The molecule has 0 spiro atoms. The number of anilines is 1. The van der Waals surface area contributed by atoms with Gasteiger partial charge >= 0.3 is 12.1 Å². The van der Waals surface area contributed by atoms with E-state index in [1.807, 2.05) is 0 Å². The van der Waals surface area contributed by atoms with Crippen LogP contribution in [0.5, 0.6) is 0 Å². The SMILES string of the molecule is CNc1sc(Cl)c(-c2ccc(C(F)(F)F)cc2)c1C(=O)O. The minimum absolute atomic E-state index is 0.0488. The monoisotopic (exact) mass is 335 g/mol. The molecule has 8 heteroatoms. The van der Waals surface area contributed by atoms with E-state index in [2.05, 4.69) is 5.32 Å². The maximum absolute atomic E-state index is 12.5. The molecule has 2 N–H and O–H groups in total. The summed E-state index contributed by atoms with van der Waals surface area (Å²) in [5, 5.41) is 12.3. The van der Waals surface area contributed by atoms with Crippen molar-refractivity contribution in [1.82, 2.24) is 0 Å². The van der Waals surface area contributed by atoms with Crippen LogP contribution in [0, 0.1) is 0 Å². The van der Waals surface area contributed by atoms with E-state index in [-0.39, 0.29) is 15.5 Å². The molecular formula is C13H9ClF3NO2S. The highest BCUT2D eigenvalue weighted by atomic mass is 35.5. The summed E-state index contributed by atoms with van der Waals surface area (Å²) >= 11 is 7.06. The van der Waals surface area contributed by atoms with E-state index < -0.39 is 17.7 Å². The van der Waals surface area contributed by atoms with Crippen molar-refractivity contribution in [3.8, 4) is 11.1 Å². The standard InChI is InChI=1S/C13H9ClF3NO2S/c1-18-11-9(12(19)20)8(10(14)21-11)6-2-4-7(5-3-6)13(15,16)17/h2-5,18H,1H3,(H,19,20). The van der Waals surface area contributed by atoms with Crippen LogP contribution in [0.3, 0.4) is 0 Å². The number of carbonyl (C=O) groups is 1. The number of aromatic carboxylic acids is 1. The molecule has 1 aromatic heterocycles. The summed E-state index contributed by atoms with van der Waals surface area (Å²) in [6, 6.07) is 4.22. The maximum atomic E-state index is 12.5. The number of nitrogens with one attached hydrogen (secondary N) is 1. The zero-order valence-corrected chi connectivity index (χ0v) is 12.2. The van der Waals surface area contributed by atoms with E-state index in [0.717, 1.165) is 23.5 Å². The number of carboxylic acids is 1. The molecule has 0 amide bonds. The molecule has 2 rings (SSSR count). The van der Waals surface area contributed by atoms with Gasteiger partial charge in [0.15, 0.2) is 0 Å². The van der Waals surface area contributed by atoms with Crippen molar-refractivity contribution in [2.75, 3.05) is 12.4 Å². The Balaban J connectivity index is 2.57. The average molecular weight is 336 g/mol. The normalized spacial score (nSPS) is 11.5. The summed E-state index contributed by atoms with van der Waals surface area (Å²) in [6.07, 6.45) is -4.44.